The number of carbonyl (C=O) groups excluding carboxylic acids is 2. The highest BCUT2D eigenvalue weighted by molar-refractivity contribution is 5.93. The number of likely N-dealkylation sites (N-methyl/N-ethyl adjacent to an activating group) is 1. The normalized spacial score (nSPS) is 16.6. The zero-order chi connectivity index (χ0) is 26.1. The van der Waals surface area contributed by atoms with Crippen molar-refractivity contribution in [1.82, 2.24) is 20.1 Å². The van der Waals surface area contributed by atoms with E-state index < -0.39 is 30.5 Å². The van der Waals surface area contributed by atoms with Crippen molar-refractivity contribution >= 4 is 28.7 Å². The number of nitrogens with one attached hydrogen (secondary N) is 2. The molecular weight excluding hydrogens is 460 g/mol. The van der Waals surface area contributed by atoms with E-state index in [1.165, 1.54) is 4.90 Å². The number of aliphatic carboxylic acids is 1. The Labute approximate surface area is 209 Å². The first kappa shape index (κ1) is 25.2. The molecule has 0 unspecified atom stereocenters. The van der Waals surface area contributed by atoms with Gasteiger partial charge >= 0.3 is 5.97 Å². The van der Waals surface area contributed by atoms with Gasteiger partial charge in [0.1, 0.15) is 18.3 Å². The van der Waals surface area contributed by atoms with Crippen LogP contribution in [0.3, 0.4) is 0 Å². The summed E-state index contributed by atoms with van der Waals surface area (Å²) in [7, 11) is 3.61. The molecule has 3 aromatic rings. The molecule has 4 rings (SSSR count). The van der Waals surface area contributed by atoms with Crippen molar-refractivity contribution in [3.63, 3.8) is 0 Å². The van der Waals surface area contributed by atoms with Crippen molar-refractivity contribution in [2.45, 2.75) is 45.3 Å². The Morgan fingerprint density at radius 1 is 1.19 bits per heavy atom. The van der Waals surface area contributed by atoms with E-state index in [1.54, 1.807) is 31.1 Å². The number of fused-ring (bicyclic) bond motifs is 3. The first-order chi connectivity index (χ1) is 17.0. The fourth-order valence-corrected chi connectivity index (χ4v) is 5.08. The van der Waals surface area contributed by atoms with Crippen molar-refractivity contribution in [2.75, 3.05) is 20.6 Å². The molecule has 0 aliphatic carbocycles. The number of carbonyl (C=O) groups is 3. The lowest BCUT2D eigenvalue weighted by Gasteiger charge is -2.28. The number of amides is 2. The molecule has 2 heterocycles. The summed E-state index contributed by atoms with van der Waals surface area (Å²) in [6, 6.07) is 9.59. The molecule has 2 atom stereocenters. The fourth-order valence-electron chi connectivity index (χ4n) is 5.08. The second kappa shape index (κ2) is 10.0. The summed E-state index contributed by atoms with van der Waals surface area (Å²) in [6.07, 6.45) is 0.659. The zero-order valence-corrected chi connectivity index (χ0v) is 21.0. The largest absolute Gasteiger partial charge is 0.508 e. The van der Waals surface area contributed by atoms with Gasteiger partial charge in [-0.15, -0.1) is 0 Å². The number of benzene rings is 2. The molecule has 2 amide bonds. The number of hydrogen-bond donors (Lipinski definition) is 4. The molecular formula is C27H32N4O5. The van der Waals surface area contributed by atoms with E-state index in [1.807, 2.05) is 38.1 Å². The van der Waals surface area contributed by atoms with Crippen molar-refractivity contribution in [2.24, 2.45) is 0 Å². The summed E-state index contributed by atoms with van der Waals surface area (Å²) in [6.45, 7) is 3.46. The predicted octanol–water partition coefficient (Wildman–Crippen LogP) is 2.12. The highest BCUT2D eigenvalue weighted by Gasteiger charge is 2.35. The molecule has 1 aliphatic heterocycles. The van der Waals surface area contributed by atoms with Crippen molar-refractivity contribution in [3.8, 4) is 5.75 Å². The van der Waals surface area contributed by atoms with Crippen LogP contribution < -0.4 is 5.32 Å². The van der Waals surface area contributed by atoms with Crippen molar-refractivity contribution in [1.29, 1.82) is 0 Å². The Bertz CT molecular complexity index is 1310. The highest BCUT2D eigenvalue weighted by Crippen LogP contribution is 2.28. The molecule has 1 aromatic heterocycles. The lowest BCUT2D eigenvalue weighted by Crippen LogP contribution is -2.54. The van der Waals surface area contributed by atoms with E-state index in [-0.39, 0.29) is 24.6 Å². The van der Waals surface area contributed by atoms with Crippen molar-refractivity contribution in [3.05, 3.63) is 64.3 Å². The number of phenolic OH excluding ortho intramolecular Hbond substituents is 1. The van der Waals surface area contributed by atoms with E-state index in [0.29, 0.717) is 6.42 Å². The number of carboxylic acids is 1. The number of aromatic nitrogens is 1. The molecule has 1 aliphatic rings. The second-order valence-electron chi connectivity index (χ2n) is 9.72. The van der Waals surface area contributed by atoms with Crippen LogP contribution in [-0.4, -0.2) is 75.5 Å². The number of aromatic hydroxyl groups is 1. The van der Waals surface area contributed by atoms with Crippen LogP contribution in [0.25, 0.3) is 10.9 Å². The molecule has 0 saturated heterocycles. The van der Waals surface area contributed by atoms with E-state index in [4.69, 9.17) is 0 Å². The van der Waals surface area contributed by atoms with Gasteiger partial charge in [-0.1, -0.05) is 18.2 Å². The van der Waals surface area contributed by atoms with E-state index >= 15 is 0 Å². The first-order valence-electron chi connectivity index (χ1n) is 11.9. The first-order valence-corrected chi connectivity index (χ1v) is 11.9. The molecule has 4 N–H and O–H groups in total. The molecule has 9 heteroatoms. The van der Waals surface area contributed by atoms with Crippen LogP contribution in [0.1, 0.15) is 27.9 Å². The third kappa shape index (κ3) is 5.06. The number of nitrogens with zero attached hydrogens (tertiary/aromatic N) is 2. The SMILES string of the molecule is Cc1cc(O)cc(C)c1C[C@@H](C(=O)N[C@@H]1Cc2c([nH]c3ccccc23)CN(CC(=O)O)C1=O)N(C)C. The second-order valence-corrected chi connectivity index (χ2v) is 9.72. The lowest BCUT2D eigenvalue weighted by atomic mass is 9.94. The standard InChI is InChI=1S/C27H32N4O5/c1-15-9-17(32)10-16(2)19(15)12-24(30(3)4)26(35)29-22-11-20-18-7-5-6-8-21(18)28-23(20)13-31(27(22)36)14-25(33)34/h5-10,22,24,28,32H,11-14H2,1-4H3,(H,29,35)(H,33,34)/t22-,24+/m1/s1. The van der Waals surface area contributed by atoms with Gasteiger partial charge in [-0.05, 0) is 74.8 Å². The predicted molar refractivity (Wildman–Crippen MR) is 136 cm³/mol. The molecule has 36 heavy (non-hydrogen) atoms. The maximum absolute atomic E-state index is 13.6. The highest BCUT2D eigenvalue weighted by atomic mass is 16.4. The molecule has 0 saturated carbocycles. The van der Waals surface area contributed by atoms with E-state index in [9.17, 15) is 24.6 Å². The van der Waals surface area contributed by atoms with Crippen LogP contribution in [0.15, 0.2) is 36.4 Å². The van der Waals surface area contributed by atoms with Crippen LogP contribution in [0, 0.1) is 13.8 Å². The Kier molecular flexibility index (Phi) is 7.03. The number of aromatic amines is 1. The summed E-state index contributed by atoms with van der Waals surface area (Å²) in [5.41, 5.74) is 5.32. The summed E-state index contributed by atoms with van der Waals surface area (Å²) >= 11 is 0. The minimum Gasteiger partial charge on any atom is -0.508 e. The topological polar surface area (TPSA) is 126 Å². The van der Waals surface area contributed by atoms with Crippen molar-refractivity contribution < 1.29 is 24.6 Å². The Hall–Kier alpha value is -3.85. The van der Waals surface area contributed by atoms with Gasteiger partial charge < -0.3 is 25.4 Å². The van der Waals surface area contributed by atoms with Gasteiger partial charge in [0, 0.05) is 23.0 Å². The Morgan fingerprint density at radius 3 is 2.50 bits per heavy atom. The van der Waals surface area contributed by atoms with Crippen LogP contribution in [0.2, 0.25) is 0 Å². The van der Waals surface area contributed by atoms with Gasteiger partial charge in [-0.3, -0.25) is 19.3 Å². The van der Waals surface area contributed by atoms with Gasteiger partial charge in [0.15, 0.2) is 0 Å². The smallest absolute Gasteiger partial charge is 0.323 e. The Morgan fingerprint density at radius 2 is 1.86 bits per heavy atom. The number of rotatable bonds is 7. The molecule has 0 bridgehead atoms. The number of hydrogen-bond acceptors (Lipinski definition) is 5. The van der Waals surface area contributed by atoms with Crippen LogP contribution >= 0.6 is 0 Å². The van der Waals surface area contributed by atoms with Gasteiger partial charge in [0.05, 0.1) is 12.6 Å². The maximum atomic E-state index is 13.6. The number of phenols is 1. The zero-order valence-electron chi connectivity index (χ0n) is 21.0. The van der Waals surface area contributed by atoms with E-state index in [2.05, 4.69) is 10.3 Å². The summed E-state index contributed by atoms with van der Waals surface area (Å²) in [5.74, 6) is -1.67. The quantitative estimate of drug-likeness (QED) is 0.400. The molecule has 190 valence electrons. The third-order valence-corrected chi connectivity index (χ3v) is 6.92. The number of aryl methyl sites for hydroxylation is 2. The molecule has 0 spiro atoms. The molecule has 0 fully saturated rings. The molecule has 2 aromatic carbocycles. The number of para-hydroxylation sites is 1. The monoisotopic (exact) mass is 492 g/mol. The fraction of sp³-hybridized carbons (Fsp3) is 0.370. The molecule has 9 nitrogen and oxygen atoms in total. The van der Waals surface area contributed by atoms with E-state index in [0.717, 1.165) is 38.9 Å². The molecule has 0 radical (unpaired) electrons. The summed E-state index contributed by atoms with van der Waals surface area (Å²) < 4.78 is 0. The van der Waals surface area contributed by atoms with Crippen LogP contribution in [0.4, 0.5) is 0 Å². The average Bonchev–Trinajstić information content (AvgIpc) is 3.07. The lowest BCUT2D eigenvalue weighted by molar-refractivity contribution is -0.146. The van der Waals surface area contributed by atoms with Gasteiger partial charge in [-0.25, -0.2) is 0 Å². The van der Waals surface area contributed by atoms with Gasteiger partial charge in [0.25, 0.3) is 0 Å². The van der Waals surface area contributed by atoms with Gasteiger partial charge in [-0.2, -0.15) is 0 Å². The minimum atomic E-state index is -1.11. The summed E-state index contributed by atoms with van der Waals surface area (Å²) in [5, 5.41) is 23.2. The Balaban J connectivity index is 1.65. The third-order valence-electron chi connectivity index (χ3n) is 6.92. The number of H-pyrrole nitrogens is 1. The summed E-state index contributed by atoms with van der Waals surface area (Å²) in [4.78, 5) is 44.9. The van der Waals surface area contributed by atoms with Gasteiger partial charge in [0.2, 0.25) is 11.8 Å². The minimum absolute atomic E-state index is 0.129. The van der Waals surface area contributed by atoms with Crippen LogP contribution in [-0.2, 0) is 33.8 Å². The van der Waals surface area contributed by atoms with Crippen LogP contribution in [0.5, 0.6) is 5.75 Å². The maximum Gasteiger partial charge on any atom is 0.323 e. The average molecular weight is 493 g/mol. The number of carboxylic acid groups (broad SMARTS) is 1.